The maximum absolute atomic E-state index is 14.1. The predicted octanol–water partition coefficient (Wildman–Crippen LogP) is 4.59. The summed E-state index contributed by atoms with van der Waals surface area (Å²) < 4.78 is 17.4. The number of carboxylic acid groups (broad SMARTS) is 1. The number of aromatic nitrogens is 4. The summed E-state index contributed by atoms with van der Waals surface area (Å²) in [5.41, 5.74) is 2.18. The lowest BCUT2D eigenvalue weighted by Crippen LogP contribution is -2.53. The van der Waals surface area contributed by atoms with Crippen LogP contribution in [0, 0.1) is 5.82 Å². The molecule has 5 rings (SSSR count). The summed E-state index contributed by atoms with van der Waals surface area (Å²) in [7, 11) is 3.76. The van der Waals surface area contributed by atoms with Gasteiger partial charge in [-0.05, 0) is 56.0 Å². The van der Waals surface area contributed by atoms with Crippen LogP contribution in [0.25, 0.3) is 22.5 Å². The number of rotatable bonds is 8. The standard InChI is InChI=1S/C31H35FN6O3/c1-31(2,29(40)41)37-18-15-24(16-19-37)38-28(39)26(22-10-12-23(32)13-11-22)27(36(38)4)25-14-17-33-30(34-25)35(3)20-21-8-6-5-7-9-21/h5-14,17,24H,15-16,18-20H2,1-4H3,(H,40,41). The Morgan fingerprint density at radius 2 is 1.73 bits per heavy atom. The van der Waals surface area contributed by atoms with E-state index in [2.05, 4.69) is 4.98 Å². The van der Waals surface area contributed by atoms with E-state index >= 15 is 0 Å². The molecule has 1 aliphatic heterocycles. The minimum atomic E-state index is -0.988. The van der Waals surface area contributed by atoms with Crippen molar-refractivity contribution in [3.63, 3.8) is 0 Å². The Morgan fingerprint density at radius 1 is 1.07 bits per heavy atom. The molecule has 2 aromatic carbocycles. The number of carbonyl (C=O) groups is 1. The van der Waals surface area contributed by atoms with E-state index in [1.165, 1.54) is 12.1 Å². The first-order valence-electron chi connectivity index (χ1n) is 13.7. The number of aliphatic carboxylic acids is 1. The van der Waals surface area contributed by atoms with E-state index in [0.29, 0.717) is 60.9 Å². The number of hydrogen-bond acceptors (Lipinski definition) is 6. The summed E-state index contributed by atoms with van der Waals surface area (Å²) in [5, 5.41) is 9.68. The number of piperidine rings is 1. The first-order valence-corrected chi connectivity index (χ1v) is 13.7. The van der Waals surface area contributed by atoms with Gasteiger partial charge in [0.25, 0.3) is 5.56 Å². The zero-order valence-electron chi connectivity index (χ0n) is 23.8. The molecule has 3 heterocycles. The number of likely N-dealkylation sites (tertiary alicyclic amines) is 1. The van der Waals surface area contributed by atoms with Crippen LogP contribution in [0.15, 0.2) is 71.7 Å². The highest BCUT2D eigenvalue weighted by Gasteiger charge is 2.38. The Morgan fingerprint density at radius 3 is 2.37 bits per heavy atom. The topological polar surface area (TPSA) is 96.5 Å². The molecule has 1 N–H and O–H groups in total. The van der Waals surface area contributed by atoms with Crippen molar-refractivity contribution >= 4 is 11.9 Å². The van der Waals surface area contributed by atoms with Crippen LogP contribution >= 0.6 is 0 Å². The van der Waals surface area contributed by atoms with Crippen LogP contribution in [0.2, 0.25) is 0 Å². The third-order valence-electron chi connectivity index (χ3n) is 8.05. The average molecular weight is 559 g/mol. The molecule has 0 atom stereocenters. The highest BCUT2D eigenvalue weighted by molar-refractivity contribution is 5.79. The lowest BCUT2D eigenvalue weighted by Gasteiger charge is -2.40. The summed E-state index contributed by atoms with van der Waals surface area (Å²) in [6.45, 7) is 5.11. The van der Waals surface area contributed by atoms with Crippen molar-refractivity contribution in [2.24, 2.45) is 7.05 Å². The van der Waals surface area contributed by atoms with Crippen molar-refractivity contribution in [1.29, 1.82) is 0 Å². The van der Waals surface area contributed by atoms with Crippen LogP contribution < -0.4 is 10.5 Å². The number of halogens is 1. The van der Waals surface area contributed by atoms with E-state index in [1.54, 1.807) is 42.9 Å². The molecule has 214 valence electrons. The molecule has 41 heavy (non-hydrogen) atoms. The Labute approximate surface area is 238 Å². The second-order valence-corrected chi connectivity index (χ2v) is 11.1. The van der Waals surface area contributed by atoms with E-state index < -0.39 is 11.5 Å². The lowest BCUT2D eigenvalue weighted by molar-refractivity contribution is -0.150. The third kappa shape index (κ3) is 5.52. The van der Waals surface area contributed by atoms with E-state index in [1.807, 2.05) is 58.9 Å². The third-order valence-corrected chi connectivity index (χ3v) is 8.05. The zero-order chi connectivity index (χ0) is 29.3. The Hall–Kier alpha value is -4.31. The van der Waals surface area contributed by atoms with Gasteiger partial charge in [0.15, 0.2) is 0 Å². The Bertz CT molecular complexity index is 1590. The average Bonchev–Trinajstić information content (AvgIpc) is 3.23. The predicted molar refractivity (Wildman–Crippen MR) is 156 cm³/mol. The molecule has 9 nitrogen and oxygen atoms in total. The number of benzene rings is 2. The molecular weight excluding hydrogens is 523 g/mol. The van der Waals surface area contributed by atoms with Crippen molar-refractivity contribution in [3.05, 3.63) is 88.6 Å². The fourth-order valence-corrected chi connectivity index (χ4v) is 5.60. The molecule has 0 bridgehead atoms. The van der Waals surface area contributed by atoms with Gasteiger partial charge >= 0.3 is 5.97 Å². The molecule has 1 aliphatic rings. The van der Waals surface area contributed by atoms with Gasteiger partial charge in [-0.15, -0.1) is 0 Å². The summed E-state index contributed by atoms with van der Waals surface area (Å²) in [5.74, 6) is -0.739. The number of hydrogen-bond donors (Lipinski definition) is 1. The Balaban J connectivity index is 1.55. The Kier molecular flexibility index (Phi) is 7.77. The van der Waals surface area contributed by atoms with Crippen LogP contribution in [0.5, 0.6) is 0 Å². The van der Waals surface area contributed by atoms with Gasteiger partial charge in [-0.25, -0.2) is 19.0 Å². The SMILES string of the molecule is CN(Cc1ccccc1)c1nccc(-c2c(-c3ccc(F)cc3)c(=O)n(C3CCN(C(C)(C)C(=O)O)CC3)n2C)n1. The molecule has 0 radical (unpaired) electrons. The second-order valence-electron chi connectivity index (χ2n) is 11.1. The largest absolute Gasteiger partial charge is 0.480 e. The minimum absolute atomic E-state index is 0.136. The first kappa shape index (κ1) is 28.2. The number of carboxylic acids is 1. The van der Waals surface area contributed by atoms with Gasteiger partial charge in [0.05, 0.1) is 23.0 Å². The van der Waals surface area contributed by atoms with Crippen LogP contribution in [0.3, 0.4) is 0 Å². The quantitative estimate of drug-likeness (QED) is 0.338. The van der Waals surface area contributed by atoms with Gasteiger partial charge in [-0.2, -0.15) is 0 Å². The van der Waals surface area contributed by atoms with Gasteiger partial charge in [-0.3, -0.25) is 19.2 Å². The van der Waals surface area contributed by atoms with E-state index in [9.17, 15) is 19.1 Å². The van der Waals surface area contributed by atoms with Gasteiger partial charge < -0.3 is 10.0 Å². The molecule has 1 saturated heterocycles. The zero-order valence-corrected chi connectivity index (χ0v) is 23.8. The summed E-state index contributed by atoms with van der Waals surface area (Å²) in [6.07, 6.45) is 2.92. The van der Waals surface area contributed by atoms with Crippen molar-refractivity contribution in [3.8, 4) is 22.5 Å². The van der Waals surface area contributed by atoms with Gasteiger partial charge in [0.1, 0.15) is 11.4 Å². The van der Waals surface area contributed by atoms with E-state index in [4.69, 9.17) is 4.98 Å². The molecule has 0 aliphatic carbocycles. The van der Waals surface area contributed by atoms with Crippen LogP contribution in [0.1, 0.15) is 38.3 Å². The molecular formula is C31H35FN6O3. The van der Waals surface area contributed by atoms with Crippen molar-refractivity contribution in [1.82, 2.24) is 24.2 Å². The summed E-state index contributed by atoms with van der Waals surface area (Å²) in [4.78, 5) is 39.1. The molecule has 10 heteroatoms. The molecule has 0 amide bonds. The first-order chi connectivity index (χ1) is 19.6. The van der Waals surface area contributed by atoms with Crippen molar-refractivity contribution < 1.29 is 14.3 Å². The number of nitrogens with zero attached hydrogens (tertiary/aromatic N) is 6. The van der Waals surface area contributed by atoms with Crippen molar-refractivity contribution in [2.45, 2.75) is 44.8 Å². The fraction of sp³-hybridized carbons (Fsp3) is 0.355. The highest BCUT2D eigenvalue weighted by Crippen LogP contribution is 2.33. The monoisotopic (exact) mass is 558 g/mol. The normalized spacial score (nSPS) is 14.8. The van der Waals surface area contributed by atoms with Gasteiger partial charge in [-0.1, -0.05) is 42.5 Å². The summed E-state index contributed by atoms with van der Waals surface area (Å²) >= 11 is 0. The fourth-order valence-electron chi connectivity index (χ4n) is 5.60. The summed E-state index contributed by atoms with van der Waals surface area (Å²) in [6, 6.07) is 17.6. The molecule has 0 spiro atoms. The van der Waals surface area contributed by atoms with Crippen LogP contribution in [-0.4, -0.2) is 61.0 Å². The minimum Gasteiger partial charge on any atom is -0.480 e. The molecule has 2 aromatic heterocycles. The van der Waals surface area contributed by atoms with Gasteiger partial charge in [0.2, 0.25) is 5.95 Å². The molecule has 0 saturated carbocycles. The maximum Gasteiger partial charge on any atom is 0.323 e. The number of anilines is 1. The maximum atomic E-state index is 14.1. The smallest absolute Gasteiger partial charge is 0.323 e. The van der Waals surface area contributed by atoms with E-state index in [-0.39, 0.29) is 17.4 Å². The van der Waals surface area contributed by atoms with Crippen LogP contribution in [0.4, 0.5) is 10.3 Å². The second kappa shape index (κ2) is 11.3. The molecule has 4 aromatic rings. The van der Waals surface area contributed by atoms with Crippen LogP contribution in [-0.2, 0) is 18.4 Å². The lowest BCUT2D eigenvalue weighted by atomic mass is 9.96. The van der Waals surface area contributed by atoms with Crippen molar-refractivity contribution in [2.75, 3.05) is 25.0 Å². The molecule has 1 fully saturated rings. The van der Waals surface area contributed by atoms with Gasteiger partial charge in [0, 0.05) is 39.9 Å². The highest BCUT2D eigenvalue weighted by atomic mass is 19.1. The van der Waals surface area contributed by atoms with E-state index in [0.717, 1.165) is 5.56 Å². The molecule has 0 unspecified atom stereocenters.